The average molecular weight is 577 g/mol. The molecule has 0 radical (unpaired) electrons. The van der Waals surface area contributed by atoms with Gasteiger partial charge in [0.15, 0.2) is 0 Å². The van der Waals surface area contributed by atoms with Crippen molar-refractivity contribution in [1.29, 1.82) is 0 Å². The zero-order valence-electron chi connectivity index (χ0n) is 23.0. The molecule has 7 nitrogen and oxygen atoms in total. The van der Waals surface area contributed by atoms with Crippen LogP contribution in [0.3, 0.4) is 0 Å². The molecule has 3 aliphatic heterocycles. The third-order valence-electron chi connectivity index (χ3n) is 8.63. The highest BCUT2D eigenvalue weighted by atomic mass is 35.5. The molecular weight excluding hydrogens is 543 g/mol. The van der Waals surface area contributed by atoms with Crippen molar-refractivity contribution in [3.05, 3.63) is 92.6 Å². The molecule has 3 aromatic rings. The lowest BCUT2D eigenvalue weighted by atomic mass is 9.83. The number of carbonyl (C=O) groups is 2. The van der Waals surface area contributed by atoms with Crippen LogP contribution in [0.5, 0.6) is 0 Å². The van der Waals surface area contributed by atoms with Gasteiger partial charge in [-0.05, 0) is 61.6 Å². The number of likely N-dealkylation sites (tertiary alicyclic amines) is 1. The number of aromatic nitrogens is 1. The first-order valence-electron chi connectivity index (χ1n) is 14.5. The van der Waals surface area contributed by atoms with Gasteiger partial charge in [0.05, 0.1) is 17.8 Å². The quantitative estimate of drug-likeness (QED) is 0.438. The van der Waals surface area contributed by atoms with Crippen LogP contribution in [0.2, 0.25) is 5.02 Å². The van der Waals surface area contributed by atoms with E-state index in [9.17, 15) is 18.8 Å². The number of fused-ring (bicyclic) bond motifs is 4. The minimum absolute atomic E-state index is 0.0294. The van der Waals surface area contributed by atoms with Crippen molar-refractivity contribution >= 4 is 34.8 Å². The maximum atomic E-state index is 14.5. The predicted molar refractivity (Wildman–Crippen MR) is 158 cm³/mol. The molecule has 0 spiro atoms. The molecule has 2 fully saturated rings. The maximum Gasteiger partial charge on any atom is 0.253 e. The number of hydrogen-bond donors (Lipinski definition) is 1. The summed E-state index contributed by atoms with van der Waals surface area (Å²) < 4.78 is 16.4. The lowest BCUT2D eigenvalue weighted by Gasteiger charge is -2.44. The van der Waals surface area contributed by atoms with Gasteiger partial charge < -0.3 is 19.7 Å². The summed E-state index contributed by atoms with van der Waals surface area (Å²) in [4.78, 5) is 43.4. The van der Waals surface area contributed by atoms with Crippen LogP contribution in [0, 0.1) is 11.7 Å². The molecule has 0 saturated carbocycles. The van der Waals surface area contributed by atoms with Crippen molar-refractivity contribution in [1.82, 2.24) is 9.47 Å². The second-order valence-corrected chi connectivity index (χ2v) is 11.9. The molecule has 1 aromatic heterocycles. The van der Waals surface area contributed by atoms with E-state index < -0.39 is 11.7 Å². The normalized spacial score (nSPS) is 20.2. The maximum absolute atomic E-state index is 14.5. The Morgan fingerprint density at radius 2 is 1.73 bits per heavy atom. The number of nitrogens with zero attached hydrogens (tertiary/aromatic N) is 3. The van der Waals surface area contributed by atoms with Gasteiger partial charge in [-0.15, -0.1) is 0 Å². The first-order valence-corrected chi connectivity index (χ1v) is 14.9. The number of halogens is 2. The van der Waals surface area contributed by atoms with E-state index in [-0.39, 0.29) is 40.3 Å². The Hall–Kier alpha value is -3.65. The number of anilines is 2. The van der Waals surface area contributed by atoms with Gasteiger partial charge in [-0.25, -0.2) is 4.39 Å². The van der Waals surface area contributed by atoms with Crippen LogP contribution in [0.25, 0.3) is 0 Å². The van der Waals surface area contributed by atoms with E-state index in [1.807, 2.05) is 33.7 Å². The van der Waals surface area contributed by atoms with E-state index in [1.54, 1.807) is 18.2 Å². The monoisotopic (exact) mass is 576 g/mol. The van der Waals surface area contributed by atoms with Gasteiger partial charge in [0.1, 0.15) is 5.82 Å². The smallest absolute Gasteiger partial charge is 0.253 e. The van der Waals surface area contributed by atoms with E-state index in [0.717, 1.165) is 63.1 Å². The topological polar surface area (TPSA) is 74.7 Å². The average Bonchev–Trinajstić information content (AvgIpc) is 3.25. The molecule has 41 heavy (non-hydrogen) atoms. The third kappa shape index (κ3) is 5.75. The number of hydrogen-bond acceptors (Lipinski definition) is 4. The van der Waals surface area contributed by atoms with E-state index >= 15 is 0 Å². The second-order valence-electron chi connectivity index (χ2n) is 11.5. The Morgan fingerprint density at radius 1 is 0.951 bits per heavy atom. The molecule has 214 valence electrons. The fraction of sp³-hybridized carbons (Fsp3) is 0.406. The molecule has 3 aliphatic rings. The Labute approximate surface area is 243 Å². The highest BCUT2D eigenvalue weighted by Gasteiger charge is 2.35. The third-order valence-corrected chi connectivity index (χ3v) is 8.98. The van der Waals surface area contributed by atoms with Crippen molar-refractivity contribution in [2.75, 3.05) is 36.4 Å². The summed E-state index contributed by atoms with van der Waals surface area (Å²) in [5.74, 6) is -0.534. The van der Waals surface area contributed by atoms with E-state index in [2.05, 4.69) is 10.2 Å². The summed E-state index contributed by atoms with van der Waals surface area (Å²) in [6.07, 6.45) is 4.98. The van der Waals surface area contributed by atoms with Gasteiger partial charge in [-0.2, -0.15) is 0 Å². The van der Waals surface area contributed by atoms with Gasteiger partial charge >= 0.3 is 0 Å². The molecule has 2 aromatic carbocycles. The first kappa shape index (κ1) is 27.5. The zero-order chi connectivity index (χ0) is 28.5. The highest BCUT2D eigenvalue weighted by Crippen LogP contribution is 2.39. The van der Waals surface area contributed by atoms with Crippen LogP contribution in [0.1, 0.15) is 59.6 Å². The summed E-state index contributed by atoms with van der Waals surface area (Å²) in [6, 6.07) is 15.3. The molecule has 0 unspecified atom stereocenters. The van der Waals surface area contributed by atoms with Crippen LogP contribution >= 0.6 is 11.6 Å². The van der Waals surface area contributed by atoms with Crippen molar-refractivity contribution in [3.8, 4) is 0 Å². The summed E-state index contributed by atoms with van der Waals surface area (Å²) >= 11 is 6.20. The molecular formula is C32H34ClFN4O3. The van der Waals surface area contributed by atoms with Crippen LogP contribution in [0.15, 0.2) is 59.4 Å². The summed E-state index contributed by atoms with van der Waals surface area (Å²) in [6.45, 7) is 3.51. The Morgan fingerprint density at radius 3 is 2.51 bits per heavy atom. The van der Waals surface area contributed by atoms with Crippen LogP contribution in [-0.4, -0.2) is 47.5 Å². The minimum Gasteiger partial charge on any atom is -0.369 e. The van der Waals surface area contributed by atoms with E-state index in [1.165, 1.54) is 12.1 Å². The fourth-order valence-electron chi connectivity index (χ4n) is 6.65. The SMILES string of the molecule is O=C(Cc1c(F)cccc1Cl)Nc1cc(C(=O)N2CCCCCC2)ccc1N1C[C@H]2C[C@@H](C1)c1cccc(=O)n1C2. The fourth-order valence-corrected chi connectivity index (χ4v) is 6.88. The van der Waals surface area contributed by atoms with Gasteiger partial charge in [0.25, 0.3) is 11.5 Å². The van der Waals surface area contributed by atoms with Crippen molar-refractivity contribution < 1.29 is 14.0 Å². The second kappa shape index (κ2) is 11.7. The van der Waals surface area contributed by atoms with Crippen molar-refractivity contribution in [3.63, 3.8) is 0 Å². The van der Waals surface area contributed by atoms with Crippen LogP contribution < -0.4 is 15.8 Å². The zero-order valence-corrected chi connectivity index (χ0v) is 23.7. The molecule has 4 heterocycles. The van der Waals surface area contributed by atoms with Crippen molar-refractivity contribution in [2.45, 2.75) is 51.0 Å². The molecule has 2 bridgehead atoms. The van der Waals surface area contributed by atoms with Gasteiger partial charge in [-0.1, -0.05) is 36.6 Å². The molecule has 0 aliphatic carbocycles. The number of benzene rings is 2. The summed E-state index contributed by atoms with van der Waals surface area (Å²) in [7, 11) is 0. The van der Waals surface area contributed by atoms with E-state index in [0.29, 0.717) is 24.3 Å². The Balaban J connectivity index is 1.31. The lowest BCUT2D eigenvalue weighted by Crippen LogP contribution is -2.47. The number of nitrogens with one attached hydrogen (secondary N) is 1. The summed E-state index contributed by atoms with van der Waals surface area (Å²) in [5.41, 5.74) is 3.05. The van der Waals surface area contributed by atoms with Crippen LogP contribution in [0.4, 0.5) is 15.8 Å². The number of carbonyl (C=O) groups excluding carboxylic acids is 2. The van der Waals surface area contributed by atoms with Gasteiger partial charge in [0, 0.05) is 66.6 Å². The molecule has 2 atom stereocenters. The highest BCUT2D eigenvalue weighted by molar-refractivity contribution is 6.31. The first-order chi connectivity index (χ1) is 19.9. The summed E-state index contributed by atoms with van der Waals surface area (Å²) in [5, 5.41) is 3.18. The Bertz CT molecular complexity index is 1510. The van der Waals surface area contributed by atoms with Gasteiger partial charge in [0.2, 0.25) is 5.91 Å². The standard InChI is InChI=1S/C32H34ClFN4O3/c33-25-7-5-8-26(34)24(25)17-30(39)35-27-16-22(32(41)36-13-3-1-2-4-14-36)11-12-29(27)37-18-21-15-23(20-37)28-9-6-10-31(40)38(28)19-21/h5-12,16,21,23H,1-4,13-15,17-20H2,(H,35,39)/t21-,23+/m1/s1. The van der Waals surface area contributed by atoms with Gasteiger partial charge in [-0.3, -0.25) is 14.4 Å². The number of piperidine rings is 1. The number of pyridine rings is 1. The predicted octanol–water partition coefficient (Wildman–Crippen LogP) is 5.46. The molecule has 1 N–H and O–H groups in total. The molecule has 9 heteroatoms. The van der Waals surface area contributed by atoms with Crippen molar-refractivity contribution in [2.24, 2.45) is 5.92 Å². The minimum atomic E-state index is -0.532. The molecule has 6 rings (SSSR count). The molecule has 2 saturated heterocycles. The number of rotatable bonds is 5. The lowest BCUT2D eigenvalue weighted by molar-refractivity contribution is -0.115. The number of amides is 2. The molecule has 2 amide bonds. The Kier molecular flexibility index (Phi) is 7.84. The largest absolute Gasteiger partial charge is 0.369 e. The van der Waals surface area contributed by atoms with Crippen LogP contribution in [-0.2, 0) is 17.8 Å². The van der Waals surface area contributed by atoms with E-state index in [4.69, 9.17) is 11.6 Å².